The molecule has 7 heteroatoms. The van der Waals surface area contributed by atoms with Gasteiger partial charge in [-0.25, -0.2) is 10.8 Å². The van der Waals surface area contributed by atoms with Gasteiger partial charge in [0.15, 0.2) is 0 Å². The van der Waals surface area contributed by atoms with Crippen molar-refractivity contribution >= 4 is 17.3 Å². The van der Waals surface area contributed by atoms with Crippen molar-refractivity contribution in [1.82, 2.24) is 4.98 Å². The summed E-state index contributed by atoms with van der Waals surface area (Å²) in [5.41, 5.74) is 2.56. The predicted molar refractivity (Wildman–Crippen MR) is 78.4 cm³/mol. The molecule has 0 unspecified atom stereocenters. The molecule has 2 rings (SSSR count). The van der Waals surface area contributed by atoms with E-state index in [4.69, 9.17) is 5.84 Å². The molecule has 0 saturated heterocycles. The highest BCUT2D eigenvalue weighted by atomic mass is 16.6. The summed E-state index contributed by atoms with van der Waals surface area (Å²) in [4.78, 5) is 14.7. The zero-order valence-electron chi connectivity index (χ0n) is 11.7. The number of pyridine rings is 1. The lowest BCUT2D eigenvalue weighted by atomic mass is 9.76. The first-order valence-corrected chi connectivity index (χ1v) is 6.90. The molecule has 0 spiro atoms. The Morgan fingerprint density at radius 2 is 2.10 bits per heavy atom. The van der Waals surface area contributed by atoms with Gasteiger partial charge in [-0.2, -0.15) is 0 Å². The Hall–Kier alpha value is -1.89. The lowest BCUT2D eigenvalue weighted by molar-refractivity contribution is -0.384. The van der Waals surface area contributed by atoms with Crippen LogP contribution in [0.25, 0.3) is 0 Å². The van der Waals surface area contributed by atoms with Gasteiger partial charge in [-0.3, -0.25) is 10.1 Å². The molecular weight excluding hydrogens is 258 g/mol. The molecular formula is C13H21N5O2. The fraction of sp³-hybridized carbons (Fsp3) is 0.615. The van der Waals surface area contributed by atoms with E-state index in [9.17, 15) is 10.1 Å². The van der Waals surface area contributed by atoms with E-state index in [1.54, 1.807) is 0 Å². The monoisotopic (exact) mass is 279 g/mol. The van der Waals surface area contributed by atoms with E-state index < -0.39 is 4.92 Å². The molecule has 1 fully saturated rings. The molecule has 0 aliphatic heterocycles. The Morgan fingerprint density at radius 3 is 2.70 bits per heavy atom. The standard InChI is InChI=1S/C13H21N5O2/c1-13(7-3-2-4-8-13)9-15-12-10(18(19)20)5-6-11(16-12)17-14/h5-6H,2-4,7-9,14H2,1H3,(H2,15,16,17). The molecule has 7 nitrogen and oxygen atoms in total. The third kappa shape index (κ3) is 3.36. The Kier molecular flexibility index (Phi) is 4.39. The van der Waals surface area contributed by atoms with Crippen LogP contribution in [0.4, 0.5) is 17.3 Å². The van der Waals surface area contributed by atoms with Gasteiger partial charge in [0.1, 0.15) is 5.82 Å². The molecule has 0 aromatic carbocycles. The molecule has 20 heavy (non-hydrogen) atoms. The van der Waals surface area contributed by atoms with Crippen molar-refractivity contribution in [2.75, 3.05) is 17.3 Å². The quantitative estimate of drug-likeness (QED) is 0.434. The molecule has 0 amide bonds. The number of nitrogens with one attached hydrogen (secondary N) is 2. The molecule has 1 heterocycles. The van der Waals surface area contributed by atoms with Crippen LogP contribution in [0.2, 0.25) is 0 Å². The summed E-state index contributed by atoms with van der Waals surface area (Å²) in [5.74, 6) is 5.98. The summed E-state index contributed by atoms with van der Waals surface area (Å²) in [6, 6.07) is 2.90. The highest BCUT2D eigenvalue weighted by molar-refractivity contribution is 5.60. The second-order valence-corrected chi connectivity index (χ2v) is 5.69. The van der Waals surface area contributed by atoms with Gasteiger partial charge in [-0.15, -0.1) is 0 Å². The molecule has 1 aliphatic carbocycles. The zero-order valence-corrected chi connectivity index (χ0v) is 11.7. The summed E-state index contributed by atoms with van der Waals surface area (Å²) in [5, 5.41) is 14.2. The third-order valence-electron chi connectivity index (χ3n) is 3.96. The molecule has 1 saturated carbocycles. The maximum absolute atomic E-state index is 11.0. The predicted octanol–water partition coefficient (Wildman–Crippen LogP) is 2.66. The Morgan fingerprint density at radius 1 is 1.40 bits per heavy atom. The van der Waals surface area contributed by atoms with Crippen molar-refractivity contribution < 1.29 is 4.92 Å². The van der Waals surface area contributed by atoms with Crippen LogP contribution in [0.15, 0.2) is 12.1 Å². The van der Waals surface area contributed by atoms with Crippen LogP contribution in [0.5, 0.6) is 0 Å². The minimum Gasteiger partial charge on any atom is -0.364 e. The second-order valence-electron chi connectivity index (χ2n) is 5.69. The molecule has 1 aliphatic rings. The van der Waals surface area contributed by atoms with Gasteiger partial charge in [0.05, 0.1) is 4.92 Å². The van der Waals surface area contributed by atoms with Gasteiger partial charge in [0.25, 0.3) is 0 Å². The summed E-state index contributed by atoms with van der Waals surface area (Å²) in [6.07, 6.45) is 6.00. The van der Waals surface area contributed by atoms with E-state index in [1.165, 1.54) is 31.4 Å². The van der Waals surface area contributed by atoms with Gasteiger partial charge in [-0.05, 0) is 24.3 Å². The van der Waals surface area contributed by atoms with Crippen LogP contribution in [-0.2, 0) is 0 Å². The van der Waals surface area contributed by atoms with Crippen molar-refractivity contribution in [1.29, 1.82) is 0 Å². The second kappa shape index (κ2) is 6.04. The largest absolute Gasteiger partial charge is 0.364 e. The number of hydrazine groups is 1. The van der Waals surface area contributed by atoms with Gasteiger partial charge >= 0.3 is 5.69 Å². The fourth-order valence-electron chi connectivity index (χ4n) is 2.69. The van der Waals surface area contributed by atoms with Gasteiger partial charge < -0.3 is 10.7 Å². The number of nitrogens with two attached hydrogens (primary N) is 1. The Balaban J connectivity index is 2.12. The number of anilines is 2. The third-order valence-corrected chi connectivity index (χ3v) is 3.96. The molecule has 1 aromatic heterocycles. The average Bonchev–Trinajstić information content (AvgIpc) is 2.45. The van der Waals surface area contributed by atoms with Gasteiger partial charge in [0, 0.05) is 12.6 Å². The van der Waals surface area contributed by atoms with Gasteiger partial charge in [-0.1, -0.05) is 26.2 Å². The van der Waals surface area contributed by atoms with Crippen LogP contribution in [0.3, 0.4) is 0 Å². The van der Waals surface area contributed by atoms with Crippen molar-refractivity contribution in [3.05, 3.63) is 22.2 Å². The average molecular weight is 279 g/mol. The van der Waals surface area contributed by atoms with Crippen LogP contribution in [0, 0.1) is 15.5 Å². The SMILES string of the molecule is CC1(CNc2nc(NN)ccc2[N+](=O)[O-])CCCCC1. The Bertz CT molecular complexity index is 486. The first-order valence-electron chi connectivity index (χ1n) is 6.90. The first kappa shape index (κ1) is 14.5. The first-order chi connectivity index (χ1) is 9.54. The topological polar surface area (TPSA) is 106 Å². The van der Waals surface area contributed by atoms with Gasteiger partial charge in [0.2, 0.25) is 5.82 Å². The summed E-state index contributed by atoms with van der Waals surface area (Å²) in [6.45, 7) is 2.91. The number of hydrogen-bond acceptors (Lipinski definition) is 6. The number of nitrogen functional groups attached to an aromatic ring is 1. The van der Waals surface area contributed by atoms with Crippen LogP contribution >= 0.6 is 0 Å². The number of nitro groups is 1. The van der Waals surface area contributed by atoms with Crippen molar-refractivity contribution in [2.24, 2.45) is 11.3 Å². The van der Waals surface area contributed by atoms with E-state index in [1.807, 2.05) is 0 Å². The van der Waals surface area contributed by atoms with Crippen molar-refractivity contribution in [2.45, 2.75) is 39.0 Å². The molecule has 0 radical (unpaired) electrons. The van der Waals surface area contributed by atoms with Crippen molar-refractivity contribution in [3.63, 3.8) is 0 Å². The Labute approximate surface area is 118 Å². The number of rotatable bonds is 5. The molecule has 0 atom stereocenters. The van der Waals surface area contributed by atoms with E-state index in [0.717, 1.165) is 12.8 Å². The molecule has 1 aromatic rings. The number of nitrogens with zero attached hydrogens (tertiary/aromatic N) is 2. The number of aromatic nitrogens is 1. The van der Waals surface area contributed by atoms with E-state index >= 15 is 0 Å². The molecule has 110 valence electrons. The minimum atomic E-state index is -0.432. The minimum absolute atomic E-state index is 0.0246. The van der Waals surface area contributed by atoms with E-state index in [2.05, 4.69) is 22.7 Å². The fourth-order valence-corrected chi connectivity index (χ4v) is 2.69. The molecule has 0 bridgehead atoms. The maximum atomic E-state index is 11.0. The zero-order chi connectivity index (χ0) is 14.6. The van der Waals surface area contributed by atoms with Crippen LogP contribution in [0.1, 0.15) is 39.0 Å². The van der Waals surface area contributed by atoms with E-state index in [-0.39, 0.29) is 16.9 Å². The van der Waals surface area contributed by atoms with Crippen molar-refractivity contribution in [3.8, 4) is 0 Å². The maximum Gasteiger partial charge on any atom is 0.311 e. The lowest BCUT2D eigenvalue weighted by Crippen LogP contribution is -2.29. The summed E-state index contributed by atoms with van der Waals surface area (Å²) in [7, 11) is 0. The number of hydrogen-bond donors (Lipinski definition) is 3. The summed E-state index contributed by atoms with van der Waals surface area (Å²) < 4.78 is 0. The highest BCUT2D eigenvalue weighted by Gasteiger charge is 2.27. The van der Waals surface area contributed by atoms with E-state index in [0.29, 0.717) is 12.4 Å². The lowest BCUT2D eigenvalue weighted by Gasteiger charge is -2.33. The normalized spacial score (nSPS) is 17.5. The summed E-state index contributed by atoms with van der Waals surface area (Å²) >= 11 is 0. The molecule has 4 N–H and O–H groups in total. The van der Waals surface area contributed by atoms with Crippen LogP contribution in [-0.4, -0.2) is 16.5 Å². The van der Waals surface area contributed by atoms with Crippen LogP contribution < -0.4 is 16.6 Å². The highest BCUT2D eigenvalue weighted by Crippen LogP contribution is 2.36. The smallest absolute Gasteiger partial charge is 0.311 e.